The maximum absolute atomic E-state index is 5.95. The van der Waals surface area contributed by atoms with Crippen molar-refractivity contribution in [1.82, 2.24) is 4.90 Å². The van der Waals surface area contributed by atoms with E-state index in [0.717, 1.165) is 19.7 Å². The van der Waals surface area contributed by atoms with Crippen molar-refractivity contribution >= 4 is 0 Å². The van der Waals surface area contributed by atoms with Crippen molar-refractivity contribution in [2.75, 3.05) is 26.8 Å². The molecule has 1 saturated carbocycles. The van der Waals surface area contributed by atoms with Gasteiger partial charge in [-0.25, -0.2) is 0 Å². The smallest absolute Gasteiger partial charge is 0.0590 e. The second-order valence-corrected chi connectivity index (χ2v) is 4.73. The molecule has 0 saturated heterocycles. The van der Waals surface area contributed by atoms with Crippen molar-refractivity contribution in [2.45, 2.75) is 51.1 Å². The lowest BCUT2D eigenvalue weighted by molar-refractivity contribution is -0.0217. The molecule has 0 amide bonds. The van der Waals surface area contributed by atoms with E-state index in [1.807, 2.05) is 0 Å². The Morgan fingerprint density at radius 2 is 2.13 bits per heavy atom. The zero-order valence-corrected chi connectivity index (χ0v) is 10.5. The van der Waals surface area contributed by atoms with Gasteiger partial charge in [0.1, 0.15) is 0 Å². The van der Waals surface area contributed by atoms with Crippen molar-refractivity contribution in [1.29, 1.82) is 0 Å². The van der Waals surface area contributed by atoms with Gasteiger partial charge in [-0.1, -0.05) is 6.92 Å². The fraction of sp³-hybridized carbons (Fsp3) is 1.00. The van der Waals surface area contributed by atoms with Gasteiger partial charge in [0.05, 0.1) is 6.61 Å². The van der Waals surface area contributed by atoms with Crippen LogP contribution in [-0.4, -0.2) is 43.3 Å². The van der Waals surface area contributed by atoms with Gasteiger partial charge in [-0.15, -0.1) is 0 Å². The normalized spacial score (nSPS) is 21.4. The molecular formula is C12H26N2O. The molecule has 0 spiro atoms. The van der Waals surface area contributed by atoms with Crippen LogP contribution in [0.15, 0.2) is 0 Å². The van der Waals surface area contributed by atoms with Crippen LogP contribution in [0.4, 0.5) is 0 Å². The SMILES string of the molecule is CCC(C)N(CCOC)C1(CN)CCC1. The molecule has 0 aromatic heterocycles. The quantitative estimate of drug-likeness (QED) is 0.700. The van der Waals surface area contributed by atoms with E-state index in [1.54, 1.807) is 7.11 Å². The van der Waals surface area contributed by atoms with Gasteiger partial charge >= 0.3 is 0 Å². The highest BCUT2D eigenvalue weighted by atomic mass is 16.5. The first kappa shape index (κ1) is 12.9. The summed E-state index contributed by atoms with van der Waals surface area (Å²) in [6.45, 7) is 7.16. The highest BCUT2D eigenvalue weighted by Crippen LogP contribution is 2.38. The number of hydrogen-bond donors (Lipinski definition) is 1. The summed E-state index contributed by atoms with van der Waals surface area (Å²) < 4.78 is 5.19. The van der Waals surface area contributed by atoms with Gasteiger partial charge in [0, 0.05) is 31.8 Å². The monoisotopic (exact) mass is 214 g/mol. The van der Waals surface area contributed by atoms with Gasteiger partial charge in [-0.3, -0.25) is 4.90 Å². The molecule has 1 aliphatic rings. The van der Waals surface area contributed by atoms with Crippen LogP contribution < -0.4 is 5.73 Å². The second-order valence-electron chi connectivity index (χ2n) is 4.73. The van der Waals surface area contributed by atoms with E-state index < -0.39 is 0 Å². The highest BCUT2D eigenvalue weighted by molar-refractivity contribution is 5.00. The fourth-order valence-corrected chi connectivity index (χ4v) is 2.53. The summed E-state index contributed by atoms with van der Waals surface area (Å²) in [4.78, 5) is 2.57. The summed E-state index contributed by atoms with van der Waals surface area (Å²) in [7, 11) is 1.77. The molecule has 3 nitrogen and oxygen atoms in total. The molecule has 1 atom stereocenters. The molecular weight excluding hydrogens is 188 g/mol. The third kappa shape index (κ3) is 2.71. The van der Waals surface area contributed by atoms with E-state index in [4.69, 9.17) is 10.5 Å². The number of nitrogens with two attached hydrogens (primary N) is 1. The summed E-state index contributed by atoms with van der Waals surface area (Å²) in [6.07, 6.45) is 5.04. The van der Waals surface area contributed by atoms with Crippen molar-refractivity contribution in [3.05, 3.63) is 0 Å². The maximum atomic E-state index is 5.95. The topological polar surface area (TPSA) is 38.5 Å². The summed E-state index contributed by atoms with van der Waals surface area (Å²) >= 11 is 0. The van der Waals surface area contributed by atoms with E-state index in [0.29, 0.717) is 6.04 Å². The lowest BCUT2D eigenvalue weighted by atomic mass is 9.74. The lowest BCUT2D eigenvalue weighted by Crippen LogP contribution is -2.61. The predicted octanol–water partition coefficient (Wildman–Crippen LogP) is 1.61. The molecule has 0 bridgehead atoms. The largest absolute Gasteiger partial charge is 0.383 e. The van der Waals surface area contributed by atoms with Crippen LogP contribution in [0.1, 0.15) is 39.5 Å². The standard InChI is InChI=1S/C12H26N2O/c1-4-11(2)14(8-9-15-3)12(10-13)6-5-7-12/h11H,4-10,13H2,1-3H3. The minimum Gasteiger partial charge on any atom is -0.383 e. The summed E-state index contributed by atoms with van der Waals surface area (Å²) in [6, 6.07) is 0.615. The van der Waals surface area contributed by atoms with Crippen molar-refractivity contribution in [2.24, 2.45) is 5.73 Å². The molecule has 0 radical (unpaired) electrons. The zero-order chi connectivity index (χ0) is 11.3. The molecule has 1 rings (SSSR count). The van der Waals surface area contributed by atoms with E-state index in [2.05, 4.69) is 18.7 Å². The van der Waals surface area contributed by atoms with Crippen molar-refractivity contribution < 1.29 is 4.74 Å². The first-order chi connectivity index (χ1) is 7.20. The van der Waals surface area contributed by atoms with Crippen LogP contribution in [0.25, 0.3) is 0 Å². The van der Waals surface area contributed by atoms with Gasteiger partial charge in [0.25, 0.3) is 0 Å². The second kappa shape index (κ2) is 5.83. The molecule has 0 heterocycles. The van der Waals surface area contributed by atoms with Crippen LogP contribution in [-0.2, 0) is 4.74 Å². The number of ether oxygens (including phenoxy) is 1. The van der Waals surface area contributed by atoms with E-state index in [-0.39, 0.29) is 5.54 Å². The van der Waals surface area contributed by atoms with Crippen LogP contribution >= 0.6 is 0 Å². The van der Waals surface area contributed by atoms with Gasteiger partial charge < -0.3 is 10.5 Å². The molecule has 0 aliphatic heterocycles. The Hall–Kier alpha value is -0.120. The Balaban J connectivity index is 2.61. The van der Waals surface area contributed by atoms with E-state index in [1.165, 1.54) is 25.7 Å². The molecule has 3 heteroatoms. The fourth-order valence-electron chi connectivity index (χ4n) is 2.53. The minimum absolute atomic E-state index is 0.286. The van der Waals surface area contributed by atoms with Crippen molar-refractivity contribution in [3.8, 4) is 0 Å². The average Bonchev–Trinajstić information content (AvgIpc) is 2.20. The van der Waals surface area contributed by atoms with Crippen LogP contribution in [0, 0.1) is 0 Å². The van der Waals surface area contributed by atoms with Gasteiger partial charge in [0.15, 0.2) is 0 Å². The molecule has 2 N–H and O–H groups in total. The Morgan fingerprint density at radius 3 is 2.47 bits per heavy atom. The van der Waals surface area contributed by atoms with Crippen LogP contribution in [0.3, 0.4) is 0 Å². The Bertz CT molecular complexity index is 175. The van der Waals surface area contributed by atoms with E-state index >= 15 is 0 Å². The summed E-state index contributed by atoms with van der Waals surface area (Å²) in [5, 5.41) is 0. The average molecular weight is 214 g/mol. The van der Waals surface area contributed by atoms with Gasteiger partial charge in [0.2, 0.25) is 0 Å². The maximum Gasteiger partial charge on any atom is 0.0590 e. The van der Waals surface area contributed by atoms with E-state index in [9.17, 15) is 0 Å². The Kier molecular flexibility index (Phi) is 5.03. The summed E-state index contributed by atoms with van der Waals surface area (Å²) in [5.74, 6) is 0. The first-order valence-electron chi connectivity index (χ1n) is 6.16. The number of hydrogen-bond acceptors (Lipinski definition) is 3. The molecule has 1 unspecified atom stereocenters. The molecule has 0 aromatic rings. The Labute approximate surface area is 94.0 Å². The first-order valence-corrected chi connectivity index (χ1v) is 6.16. The van der Waals surface area contributed by atoms with Crippen LogP contribution in [0.5, 0.6) is 0 Å². The predicted molar refractivity (Wildman–Crippen MR) is 64.0 cm³/mol. The number of methoxy groups -OCH3 is 1. The molecule has 1 fully saturated rings. The molecule has 15 heavy (non-hydrogen) atoms. The third-order valence-electron chi connectivity index (χ3n) is 3.93. The molecule has 0 aromatic carbocycles. The minimum atomic E-state index is 0.286. The highest BCUT2D eigenvalue weighted by Gasteiger charge is 2.42. The molecule has 90 valence electrons. The zero-order valence-electron chi connectivity index (χ0n) is 10.5. The van der Waals surface area contributed by atoms with Crippen molar-refractivity contribution in [3.63, 3.8) is 0 Å². The third-order valence-corrected chi connectivity index (χ3v) is 3.93. The Morgan fingerprint density at radius 1 is 1.47 bits per heavy atom. The lowest BCUT2D eigenvalue weighted by Gasteiger charge is -2.52. The van der Waals surface area contributed by atoms with Gasteiger partial charge in [-0.2, -0.15) is 0 Å². The number of nitrogens with zero attached hydrogens (tertiary/aromatic N) is 1. The van der Waals surface area contributed by atoms with Crippen LogP contribution in [0.2, 0.25) is 0 Å². The number of rotatable bonds is 7. The van der Waals surface area contributed by atoms with Gasteiger partial charge in [-0.05, 0) is 32.6 Å². The molecule has 1 aliphatic carbocycles. The summed E-state index contributed by atoms with van der Waals surface area (Å²) in [5.41, 5.74) is 6.24.